The predicted octanol–water partition coefficient (Wildman–Crippen LogP) is 3.14. The zero-order valence-electron chi connectivity index (χ0n) is 17.5. The van der Waals surface area contributed by atoms with Crippen molar-refractivity contribution in [3.63, 3.8) is 0 Å². The Labute approximate surface area is 197 Å². The van der Waals surface area contributed by atoms with Gasteiger partial charge in [0.25, 0.3) is 0 Å². The number of sulfonamides is 1. The summed E-state index contributed by atoms with van der Waals surface area (Å²) < 4.78 is 25.6. The van der Waals surface area contributed by atoms with Gasteiger partial charge in [-0.25, -0.2) is 13.1 Å². The van der Waals surface area contributed by atoms with Crippen molar-refractivity contribution in [3.05, 3.63) is 71.3 Å². The lowest BCUT2D eigenvalue weighted by atomic mass is 9.64. The summed E-state index contributed by atoms with van der Waals surface area (Å²) in [5.74, 6) is 0.760. The third kappa shape index (κ3) is 6.42. The zero-order chi connectivity index (χ0) is 20.7. The number of halogens is 1. The highest BCUT2D eigenvalue weighted by molar-refractivity contribution is 14.0. The highest BCUT2D eigenvalue weighted by Gasteiger charge is 2.38. The van der Waals surface area contributed by atoms with Crippen LogP contribution in [0.4, 0.5) is 0 Å². The highest BCUT2D eigenvalue weighted by atomic mass is 127. The Morgan fingerprint density at radius 1 is 1.00 bits per heavy atom. The van der Waals surface area contributed by atoms with E-state index in [4.69, 9.17) is 0 Å². The predicted molar refractivity (Wildman–Crippen MR) is 134 cm³/mol. The Kier molecular flexibility index (Phi) is 9.11. The van der Waals surface area contributed by atoms with Crippen molar-refractivity contribution in [2.75, 3.05) is 20.6 Å². The summed E-state index contributed by atoms with van der Waals surface area (Å²) in [5.41, 5.74) is 3.42. The number of rotatable bonds is 8. The molecule has 6 nitrogen and oxygen atoms in total. The summed E-state index contributed by atoms with van der Waals surface area (Å²) >= 11 is 0. The molecule has 1 aliphatic carbocycles. The van der Waals surface area contributed by atoms with Crippen molar-refractivity contribution >= 4 is 40.0 Å². The summed E-state index contributed by atoms with van der Waals surface area (Å²) in [6.45, 7) is 1.48. The van der Waals surface area contributed by atoms with Gasteiger partial charge < -0.3 is 10.6 Å². The zero-order valence-corrected chi connectivity index (χ0v) is 20.7. The lowest BCUT2D eigenvalue weighted by molar-refractivity contribution is 0.244. The summed E-state index contributed by atoms with van der Waals surface area (Å²) in [6.07, 6.45) is 3.65. The average Bonchev–Trinajstić information content (AvgIpc) is 2.71. The fourth-order valence-electron chi connectivity index (χ4n) is 3.67. The topological polar surface area (TPSA) is 82.6 Å². The molecule has 0 bridgehead atoms. The molecular weight excluding hydrogens is 511 g/mol. The molecule has 1 aliphatic rings. The molecule has 164 valence electrons. The van der Waals surface area contributed by atoms with E-state index in [-0.39, 0.29) is 35.1 Å². The Morgan fingerprint density at radius 3 is 2.17 bits per heavy atom. The third-order valence-corrected chi connectivity index (χ3v) is 7.00. The van der Waals surface area contributed by atoms with Gasteiger partial charge in [-0.05, 0) is 36.6 Å². The van der Waals surface area contributed by atoms with Crippen LogP contribution in [0.3, 0.4) is 0 Å². The smallest absolute Gasteiger partial charge is 0.215 e. The first-order valence-electron chi connectivity index (χ1n) is 9.95. The molecule has 0 aliphatic heterocycles. The first-order chi connectivity index (χ1) is 14.0. The van der Waals surface area contributed by atoms with Gasteiger partial charge in [0.2, 0.25) is 10.0 Å². The lowest BCUT2D eigenvalue weighted by Crippen LogP contribution is -2.48. The molecule has 1 saturated carbocycles. The molecule has 0 saturated heterocycles. The Bertz CT molecular complexity index is 927. The van der Waals surface area contributed by atoms with E-state index in [9.17, 15) is 8.42 Å². The fourth-order valence-corrected chi connectivity index (χ4v) is 4.44. The van der Waals surface area contributed by atoms with Gasteiger partial charge >= 0.3 is 0 Å². The molecule has 0 aromatic heterocycles. The number of hydrogen-bond acceptors (Lipinski definition) is 3. The van der Waals surface area contributed by atoms with Gasteiger partial charge in [0.05, 0.1) is 5.75 Å². The van der Waals surface area contributed by atoms with E-state index in [2.05, 4.69) is 50.7 Å². The minimum atomic E-state index is -3.25. The normalized spacial score (nSPS) is 15.6. The third-order valence-electron chi connectivity index (χ3n) is 5.67. The number of benzene rings is 2. The molecular formula is C22H31IN4O2S. The van der Waals surface area contributed by atoms with Crippen molar-refractivity contribution in [2.24, 2.45) is 4.99 Å². The second-order valence-electron chi connectivity index (χ2n) is 7.56. The van der Waals surface area contributed by atoms with E-state index in [1.165, 1.54) is 31.9 Å². The van der Waals surface area contributed by atoms with Crippen molar-refractivity contribution in [1.82, 2.24) is 15.4 Å². The molecule has 3 rings (SSSR count). The molecule has 0 unspecified atom stereocenters. The summed E-state index contributed by atoms with van der Waals surface area (Å²) in [7, 11) is -0.0480. The van der Waals surface area contributed by atoms with Crippen LogP contribution in [0.15, 0.2) is 59.6 Å². The van der Waals surface area contributed by atoms with Crippen molar-refractivity contribution in [1.29, 1.82) is 0 Å². The van der Waals surface area contributed by atoms with Crippen LogP contribution >= 0.6 is 24.0 Å². The molecule has 2 aromatic carbocycles. The molecule has 2 aromatic rings. The molecule has 0 spiro atoms. The Hall–Kier alpha value is -1.65. The van der Waals surface area contributed by atoms with Crippen molar-refractivity contribution < 1.29 is 8.42 Å². The van der Waals surface area contributed by atoms with E-state index in [0.29, 0.717) is 6.54 Å². The minimum Gasteiger partial charge on any atom is -0.356 e. The van der Waals surface area contributed by atoms with Crippen LogP contribution in [-0.4, -0.2) is 35.0 Å². The Morgan fingerprint density at radius 2 is 1.63 bits per heavy atom. The molecule has 3 N–H and O–H groups in total. The standard InChI is InChI=1S/C22H30N4O2S.HI/c1-23-21(26-17-22(13-6-14-22)20-7-4-3-5-8-20)25-15-18-9-11-19(12-10-18)16-29(27,28)24-2;/h3-5,7-12,24H,6,13-17H2,1-2H3,(H2,23,25,26);1H. The maximum absolute atomic E-state index is 11.6. The van der Waals surface area contributed by atoms with E-state index >= 15 is 0 Å². The van der Waals surface area contributed by atoms with Crippen LogP contribution in [0.1, 0.15) is 36.0 Å². The van der Waals surface area contributed by atoms with Gasteiger partial charge in [0.1, 0.15) is 0 Å². The number of nitrogens with one attached hydrogen (secondary N) is 3. The number of guanidine groups is 1. The van der Waals surface area contributed by atoms with Gasteiger partial charge in [0, 0.05) is 25.6 Å². The Balaban J connectivity index is 0.00000320. The number of nitrogens with zero attached hydrogens (tertiary/aromatic N) is 1. The minimum absolute atomic E-state index is 0. The van der Waals surface area contributed by atoms with Crippen LogP contribution in [0.5, 0.6) is 0 Å². The number of aliphatic imine (C=N–C) groups is 1. The van der Waals surface area contributed by atoms with Crippen molar-refractivity contribution in [3.8, 4) is 0 Å². The second-order valence-corrected chi connectivity index (χ2v) is 9.49. The van der Waals surface area contributed by atoms with E-state index in [1.807, 2.05) is 24.3 Å². The lowest BCUT2D eigenvalue weighted by Gasteiger charge is -2.43. The monoisotopic (exact) mass is 542 g/mol. The maximum atomic E-state index is 11.6. The largest absolute Gasteiger partial charge is 0.356 e. The molecule has 0 radical (unpaired) electrons. The SMILES string of the molecule is CN=C(NCc1ccc(CS(=O)(=O)NC)cc1)NCC1(c2ccccc2)CCC1.I. The van der Waals surface area contributed by atoms with Gasteiger partial charge in [0.15, 0.2) is 5.96 Å². The second kappa shape index (κ2) is 11.1. The summed E-state index contributed by atoms with van der Waals surface area (Å²) in [5, 5.41) is 6.83. The number of hydrogen-bond donors (Lipinski definition) is 3. The maximum Gasteiger partial charge on any atom is 0.215 e. The molecule has 0 atom stereocenters. The van der Waals surface area contributed by atoms with Crippen LogP contribution in [0, 0.1) is 0 Å². The molecule has 8 heteroatoms. The van der Waals surface area contributed by atoms with Crippen LogP contribution < -0.4 is 15.4 Å². The van der Waals surface area contributed by atoms with Gasteiger partial charge in [-0.15, -0.1) is 24.0 Å². The first-order valence-corrected chi connectivity index (χ1v) is 11.6. The van der Waals surface area contributed by atoms with Gasteiger partial charge in [-0.2, -0.15) is 0 Å². The first kappa shape index (κ1) is 24.6. The van der Waals surface area contributed by atoms with E-state index in [0.717, 1.165) is 23.6 Å². The fraction of sp³-hybridized carbons (Fsp3) is 0.409. The summed E-state index contributed by atoms with van der Waals surface area (Å²) in [4.78, 5) is 4.34. The highest BCUT2D eigenvalue weighted by Crippen LogP contribution is 2.43. The van der Waals surface area contributed by atoms with Gasteiger partial charge in [-0.1, -0.05) is 61.0 Å². The van der Waals surface area contributed by atoms with Crippen LogP contribution in [-0.2, 0) is 27.7 Å². The molecule has 0 heterocycles. The van der Waals surface area contributed by atoms with Crippen molar-refractivity contribution in [2.45, 2.75) is 37.0 Å². The average molecular weight is 542 g/mol. The molecule has 1 fully saturated rings. The van der Waals surface area contributed by atoms with Crippen LogP contribution in [0.25, 0.3) is 0 Å². The quantitative estimate of drug-likeness (QED) is 0.272. The summed E-state index contributed by atoms with van der Waals surface area (Å²) in [6, 6.07) is 18.3. The van der Waals surface area contributed by atoms with E-state index in [1.54, 1.807) is 7.05 Å². The van der Waals surface area contributed by atoms with Gasteiger partial charge in [-0.3, -0.25) is 4.99 Å². The molecule has 0 amide bonds. The molecule has 30 heavy (non-hydrogen) atoms. The van der Waals surface area contributed by atoms with E-state index < -0.39 is 10.0 Å². The van der Waals surface area contributed by atoms with Crippen LogP contribution in [0.2, 0.25) is 0 Å².